The van der Waals surface area contributed by atoms with Crippen molar-refractivity contribution < 1.29 is 14.7 Å². The Bertz CT molecular complexity index is 429. The highest BCUT2D eigenvalue weighted by Gasteiger charge is 2.15. The Labute approximate surface area is 113 Å². The van der Waals surface area contributed by atoms with Gasteiger partial charge in [-0.05, 0) is 25.5 Å². The second-order valence-electron chi connectivity index (χ2n) is 4.31. The van der Waals surface area contributed by atoms with Crippen LogP contribution in [0.1, 0.15) is 49.9 Å². The van der Waals surface area contributed by atoms with E-state index < -0.39 is 5.97 Å². The molecule has 1 amide bonds. The number of amides is 1. The molecule has 0 aliphatic carbocycles. The maximum atomic E-state index is 12.0. The first-order chi connectivity index (χ1) is 9.10. The van der Waals surface area contributed by atoms with Crippen molar-refractivity contribution in [1.82, 2.24) is 4.98 Å². The van der Waals surface area contributed by atoms with Gasteiger partial charge in [0.15, 0.2) is 0 Å². The van der Waals surface area contributed by atoms with Gasteiger partial charge in [-0.15, -0.1) is 0 Å². The molecule has 0 saturated carbocycles. The van der Waals surface area contributed by atoms with E-state index in [0.29, 0.717) is 18.8 Å². The number of carboxylic acids is 1. The Hall–Kier alpha value is -1.91. The SMILES string of the molecule is CCCCCC(=O)N(CC)c1ccc(C(=O)O)cn1. The monoisotopic (exact) mass is 264 g/mol. The molecule has 0 bridgehead atoms. The number of nitrogens with zero attached hydrogens (tertiary/aromatic N) is 2. The van der Waals surface area contributed by atoms with Crippen molar-refractivity contribution in [2.24, 2.45) is 0 Å². The first-order valence-corrected chi connectivity index (χ1v) is 6.59. The number of rotatable bonds is 7. The van der Waals surface area contributed by atoms with Crippen LogP contribution in [0.5, 0.6) is 0 Å². The van der Waals surface area contributed by atoms with Gasteiger partial charge in [-0.2, -0.15) is 0 Å². The summed E-state index contributed by atoms with van der Waals surface area (Å²) in [5, 5.41) is 8.80. The second-order valence-corrected chi connectivity index (χ2v) is 4.31. The molecule has 1 aromatic rings. The van der Waals surface area contributed by atoms with E-state index in [-0.39, 0.29) is 11.5 Å². The highest BCUT2D eigenvalue weighted by atomic mass is 16.4. The minimum absolute atomic E-state index is 0.0338. The third-order valence-electron chi connectivity index (χ3n) is 2.88. The minimum Gasteiger partial charge on any atom is -0.478 e. The quantitative estimate of drug-likeness (QED) is 0.769. The zero-order valence-electron chi connectivity index (χ0n) is 11.4. The number of carboxylic acid groups (broad SMARTS) is 1. The van der Waals surface area contributed by atoms with Crippen LogP contribution in [0.2, 0.25) is 0 Å². The van der Waals surface area contributed by atoms with Crippen LogP contribution in [-0.4, -0.2) is 28.5 Å². The smallest absolute Gasteiger partial charge is 0.337 e. The van der Waals surface area contributed by atoms with Crippen molar-refractivity contribution >= 4 is 17.7 Å². The van der Waals surface area contributed by atoms with Crippen molar-refractivity contribution in [3.8, 4) is 0 Å². The molecule has 0 radical (unpaired) electrons. The van der Waals surface area contributed by atoms with Gasteiger partial charge in [-0.25, -0.2) is 9.78 Å². The van der Waals surface area contributed by atoms with Crippen molar-refractivity contribution in [3.05, 3.63) is 23.9 Å². The third-order valence-corrected chi connectivity index (χ3v) is 2.88. The molecule has 1 aromatic heterocycles. The molecule has 19 heavy (non-hydrogen) atoms. The van der Waals surface area contributed by atoms with Gasteiger partial charge in [-0.1, -0.05) is 19.8 Å². The molecular weight excluding hydrogens is 244 g/mol. The summed E-state index contributed by atoms with van der Waals surface area (Å²) in [6.45, 7) is 4.50. The van der Waals surface area contributed by atoms with E-state index in [1.54, 1.807) is 11.0 Å². The Kier molecular flexibility index (Phi) is 5.99. The fraction of sp³-hybridized carbons (Fsp3) is 0.500. The number of carbonyl (C=O) groups is 2. The fourth-order valence-corrected chi connectivity index (χ4v) is 1.80. The molecule has 0 atom stereocenters. The highest BCUT2D eigenvalue weighted by molar-refractivity contribution is 5.93. The molecule has 0 aliphatic rings. The molecule has 0 aliphatic heterocycles. The Morgan fingerprint density at radius 3 is 2.47 bits per heavy atom. The van der Waals surface area contributed by atoms with Crippen LogP contribution in [-0.2, 0) is 4.79 Å². The van der Waals surface area contributed by atoms with Crippen molar-refractivity contribution in [2.75, 3.05) is 11.4 Å². The van der Waals surface area contributed by atoms with Crippen LogP contribution in [0.4, 0.5) is 5.82 Å². The van der Waals surface area contributed by atoms with E-state index in [4.69, 9.17) is 5.11 Å². The summed E-state index contributed by atoms with van der Waals surface area (Å²) in [6.07, 6.45) is 4.77. The summed E-state index contributed by atoms with van der Waals surface area (Å²) in [6, 6.07) is 3.04. The van der Waals surface area contributed by atoms with E-state index in [2.05, 4.69) is 11.9 Å². The highest BCUT2D eigenvalue weighted by Crippen LogP contribution is 2.14. The number of anilines is 1. The number of unbranched alkanes of at least 4 members (excludes halogenated alkanes) is 2. The average molecular weight is 264 g/mol. The summed E-state index contributed by atoms with van der Waals surface area (Å²) >= 11 is 0. The van der Waals surface area contributed by atoms with E-state index in [1.807, 2.05) is 6.92 Å². The zero-order chi connectivity index (χ0) is 14.3. The minimum atomic E-state index is -1.02. The predicted molar refractivity (Wildman–Crippen MR) is 73.4 cm³/mol. The van der Waals surface area contributed by atoms with Gasteiger partial charge in [0.25, 0.3) is 0 Å². The van der Waals surface area contributed by atoms with Crippen molar-refractivity contribution in [3.63, 3.8) is 0 Å². The topological polar surface area (TPSA) is 70.5 Å². The Morgan fingerprint density at radius 2 is 2.00 bits per heavy atom. The molecule has 1 rings (SSSR count). The number of pyridine rings is 1. The van der Waals surface area contributed by atoms with Crippen molar-refractivity contribution in [1.29, 1.82) is 0 Å². The predicted octanol–water partition coefficient (Wildman–Crippen LogP) is 2.71. The molecule has 104 valence electrons. The zero-order valence-corrected chi connectivity index (χ0v) is 11.4. The molecule has 1 N–H and O–H groups in total. The number of hydrogen-bond donors (Lipinski definition) is 1. The molecule has 0 fully saturated rings. The lowest BCUT2D eigenvalue weighted by molar-refractivity contribution is -0.118. The molecule has 5 heteroatoms. The van der Waals surface area contributed by atoms with Gasteiger partial charge in [0.2, 0.25) is 5.91 Å². The van der Waals surface area contributed by atoms with Gasteiger partial charge in [0, 0.05) is 19.2 Å². The lowest BCUT2D eigenvalue weighted by atomic mass is 10.2. The van der Waals surface area contributed by atoms with Gasteiger partial charge in [0.05, 0.1) is 5.56 Å². The van der Waals surface area contributed by atoms with E-state index in [0.717, 1.165) is 19.3 Å². The van der Waals surface area contributed by atoms with Crippen LogP contribution in [0, 0.1) is 0 Å². The Morgan fingerprint density at radius 1 is 1.26 bits per heavy atom. The van der Waals surface area contributed by atoms with E-state index in [1.165, 1.54) is 12.3 Å². The van der Waals surface area contributed by atoms with Crippen LogP contribution in [0.25, 0.3) is 0 Å². The summed E-state index contributed by atoms with van der Waals surface area (Å²) in [5.41, 5.74) is 0.123. The van der Waals surface area contributed by atoms with Crippen LogP contribution >= 0.6 is 0 Å². The first-order valence-electron chi connectivity index (χ1n) is 6.59. The lowest BCUT2D eigenvalue weighted by Gasteiger charge is -2.19. The molecular formula is C14H20N2O3. The van der Waals surface area contributed by atoms with Gasteiger partial charge in [-0.3, -0.25) is 9.69 Å². The fourth-order valence-electron chi connectivity index (χ4n) is 1.80. The normalized spacial score (nSPS) is 10.2. The summed E-state index contributed by atoms with van der Waals surface area (Å²) < 4.78 is 0. The lowest BCUT2D eigenvalue weighted by Crippen LogP contribution is -2.31. The number of carbonyl (C=O) groups excluding carboxylic acids is 1. The maximum absolute atomic E-state index is 12.0. The number of hydrogen-bond acceptors (Lipinski definition) is 3. The van der Waals surface area contributed by atoms with Crippen LogP contribution < -0.4 is 4.90 Å². The standard InChI is InChI=1S/C14H20N2O3/c1-3-5-6-7-13(17)16(4-2)12-9-8-11(10-15-12)14(18)19/h8-10H,3-7H2,1-2H3,(H,18,19). The molecule has 0 saturated heterocycles. The van der Waals surface area contributed by atoms with Crippen LogP contribution in [0.15, 0.2) is 18.3 Å². The second kappa shape index (κ2) is 7.51. The summed E-state index contributed by atoms with van der Waals surface area (Å²) in [4.78, 5) is 28.4. The van der Waals surface area contributed by atoms with Crippen LogP contribution in [0.3, 0.4) is 0 Å². The molecule has 1 heterocycles. The first kappa shape index (κ1) is 15.1. The van der Waals surface area contributed by atoms with E-state index in [9.17, 15) is 9.59 Å². The van der Waals surface area contributed by atoms with Gasteiger partial charge in [0.1, 0.15) is 5.82 Å². The summed E-state index contributed by atoms with van der Waals surface area (Å²) in [5.74, 6) is -0.475. The van der Waals surface area contributed by atoms with E-state index >= 15 is 0 Å². The average Bonchev–Trinajstić information content (AvgIpc) is 2.40. The Balaban J connectivity index is 2.73. The molecule has 0 spiro atoms. The van der Waals surface area contributed by atoms with Crippen molar-refractivity contribution in [2.45, 2.75) is 39.5 Å². The van der Waals surface area contributed by atoms with Gasteiger partial charge < -0.3 is 5.11 Å². The maximum Gasteiger partial charge on any atom is 0.337 e. The molecule has 0 aromatic carbocycles. The number of aromatic carboxylic acids is 1. The van der Waals surface area contributed by atoms with Gasteiger partial charge >= 0.3 is 5.97 Å². The largest absolute Gasteiger partial charge is 0.478 e. The molecule has 5 nitrogen and oxygen atoms in total. The molecule has 0 unspecified atom stereocenters. The number of aromatic nitrogens is 1. The summed E-state index contributed by atoms with van der Waals surface area (Å²) in [7, 11) is 0. The third kappa shape index (κ3) is 4.35.